The van der Waals surface area contributed by atoms with Gasteiger partial charge in [0.1, 0.15) is 5.82 Å². The van der Waals surface area contributed by atoms with E-state index in [0.29, 0.717) is 5.02 Å². The van der Waals surface area contributed by atoms with Gasteiger partial charge in [0.05, 0.1) is 11.0 Å². The van der Waals surface area contributed by atoms with Crippen LogP contribution in [0, 0.1) is 15.9 Å². The Morgan fingerprint density at radius 2 is 2.00 bits per heavy atom. The van der Waals surface area contributed by atoms with Crippen LogP contribution in [-0.2, 0) is 4.79 Å². The van der Waals surface area contributed by atoms with Gasteiger partial charge in [-0.1, -0.05) is 23.7 Å². The predicted octanol–water partition coefficient (Wildman–Crippen LogP) is 3.64. The second-order valence-electron chi connectivity index (χ2n) is 5.00. The molecular formula is C16H14ClFN2O4. The summed E-state index contributed by atoms with van der Waals surface area (Å²) >= 11 is 5.80. The van der Waals surface area contributed by atoms with Crippen molar-refractivity contribution >= 4 is 23.2 Å². The first-order chi connectivity index (χ1) is 11.4. The monoisotopic (exact) mass is 352 g/mol. The fourth-order valence-corrected chi connectivity index (χ4v) is 2.14. The molecule has 1 N–H and O–H groups in total. The number of nitrogens with zero attached hydrogens (tertiary/aromatic N) is 1. The minimum absolute atomic E-state index is 0.297. The maximum absolute atomic E-state index is 13.2. The molecule has 1 amide bonds. The third-order valence-electron chi connectivity index (χ3n) is 3.22. The van der Waals surface area contributed by atoms with Gasteiger partial charge >= 0.3 is 5.69 Å². The van der Waals surface area contributed by atoms with Crippen LogP contribution in [0.1, 0.15) is 18.5 Å². The van der Waals surface area contributed by atoms with Gasteiger partial charge in [-0.15, -0.1) is 0 Å². The summed E-state index contributed by atoms with van der Waals surface area (Å²) in [6, 6.07) is 9.44. The van der Waals surface area contributed by atoms with Crippen molar-refractivity contribution in [2.45, 2.75) is 13.0 Å². The first-order valence-corrected chi connectivity index (χ1v) is 7.36. The minimum Gasteiger partial charge on any atom is -0.477 e. The van der Waals surface area contributed by atoms with Crippen molar-refractivity contribution in [1.82, 2.24) is 5.32 Å². The summed E-state index contributed by atoms with van der Waals surface area (Å²) in [5.41, 5.74) is 0.430. The maximum Gasteiger partial charge on any atom is 0.311 e. The Balaban J connectivity index is 1.97. The van der Waals surface area contributed by atoms with E-state index >= 15 is 0 Å². The molecule has 6 nitrogen and oxygen atoms in total. The van der Waals surface area contributed by atoms with E-state index in [1.807, 2.05) is 0 Å². The van der Waals surface area contributed by atoms with Crippen LogP contribution in [0.5, 0.6) is 5.75 Å². The molecule has 0 aliphatic rings. The lowest BCUT2D eigenvalue weighted by molar-refractivity contribution is -0.385. The van der Waals surface area contributed by atoms with E-state index in [1.165, 1.54) is 0 Å². The van der Waals surface area contributed by atoms with Crippen LogP contribution < -0.4 is 10.1 Å². The smallest absolute Gasteiger partial charge is 0.311 e. The van der Waals surface area contributed by atoms with E-state index in [9.17, 15) is 19.3 Å². The molecule has 2 aromatic carbocycles. The fourth-order valence-electron chi connectivity index (χ4n) is 2.02. The number of hydrogen-bond donors (Lipinski definition) is 1. The highest BCUT2D eigenvalue weighted by molar-refractivity contribution is 6.30. The number of amides is 1. The van der Waals surface area contributed by atoms with Crippen molar-refractivity contribution in [2.75, 3.05) is 6.61 Å². The van der Waals surface area contributed by atoms with Gasteiger partial charge in [-0.3, -0.25) is 14.9 Å². The molecule has 0 saturated carbocycles. The lowest BCUT2D eigenvalue weighted by Gasteiger charge is -2.15. The van der Waals surface area contributed by atoms with Crippen LogP contribution in [0.2, 0.25) is 5.02 Å². The molecule has 1 atom stereocenters. The number of nitrogens with one attached hydrogen (secondary N) is 1. The van der Waals surface area contributed by atoms with Crippen LogP contribution in [0.25, 0.3) is 0 Å². The fraction of sp³-hybridized carbons (Fsp3) is 0.188. The van der Waals surface area contributed by atoms with E-state index < -0.39 is 28.9 Å². The summed E-state index contributed by atoms with van der Waals surface area (Å²) in [5, 5.41) is 14.1. The molecule has 8 heteroatoms. The van der Waals surface area contributed by atoms with Gasteiger partial charge in [-0.05, 0) is 30.7 Å². The van der Waals surface area contributed by atoms with E-state index in [-0.39, 0.29) is 11.8 Å². The molecule has 0 fully saturated rings. The third-order valence-corrected chi connectivity index (χ3v) is 3.48. The summed E-state index contributed by atoms with van der Waals surface area (Å²) in [6.07, 6.45) is 0. The van der Waals surface area contributed by atoms with Gasteiger partial charge in [0.25, 0.3) is 5.91 Å². The number of nitro benzene ring substituents is 1. The second kappa shape index (κ2) is 7.74. The molecule has 0 spiro atoms. The number of benzene rings is 2. The Kier molecular flexibility index (Phi) is 5.70. The molecule has 0 aliphatic heterocycles. The largest absolute Gasteiger partial charge is 0.477 e. The summed E-state index contributed by atoms with van der Waals surface area (Å²) in [6.45, 7) is 1.30. The van der Waals surface area contributed by atoms with E-state index in [4.69, 9.17) is 16.3 Å². The molecule has 24 heavy (non-hydrogen) atoms. The zero-order chi connectivity index (χ0) is 17.7. The first-order valence-electron chi connectivity index (χ1n) is 6.98. The Morgan fingerprint density at radius 3 is 2.62 bits per heavy atom. The molecule has 0 aliphatic carbocycles. The number of rotatable bonds is 6. The SMILES string of the molecule is C[C@H](NC(=O)COc1cc(F)ccc1[N+](=O)[O-])c1ccc(Cl)cc1. The molecule has 0 heterocycles. The molecule has 2 aromatic rings. The van der Waals surface area contributed by atoms with E-state index in [0.717, 1.165) is 23.8 Å². The summed E-state index contributed by atoms with van der Waals surface area (Å²) in [7, 11) is 0. The highest BCUT2D eigenvalue weighted by Crippen LogP contribution is 2.27. The summed E-state index contributed by atoms with van der Waals surface area (Å²) in [4.78, 5) is 22.1. The van der Waals surface area contributed by atoms with Crippen LogP contribution in [0.3, 0.4) is 0 Å². The van der Waals surface area contributed by atoms with E-state index in [1.54, 1.807) is 31.2 Å². The number of ether oxygens (including phenoxy) is 1. The van der Waals surface area contributed by atoms with Gasteiger partial charge in [0.2, 0.25) is 5.75 Å². The van der Waals surface area contributed by atoms with Crippen molar-refractivity contribution in [1.29, 1.82) is 0 Å². The number of nitro groups is 1. The van der Waals surface area contributed by atoms with Crippen LogP contribution in [0.4, 0.5) is 10.1 Å². The Labute approximate surface area is 142 Å². The van der Waals surface area contributed by atoms with Crippen molar-refractivity contribution in [2.24, 2.45) is 0 Å². The Morgan fingerprint density at radius 1 is 1.33 bits per heavy atom. The van der Waals surface area contributed by atoms with Crippen LogP contribution >= 0.6 is 11.6 Å². The van der Waals surface area contributed by atoms with E-state index in [2.05, 4.69) is 5.32 Å². The molecule has 0 unspecified atom stereocenters. The maximum atomic E-state index is 13.2. The highest BCUT2D eigenvalue weighted by Gasteiger charge is 2.17. The highest BCUT2D eigenvalue weighted by atomic mass is 35.5. The zero-order valence-electron chi connectivity index (χ0n) is 12.7. The van der Waals surface area contributed by atoms with Crippen LogP contribution in [-0.4, -0.2) is 17.4 Å². The summed E-state index contributed by atoms with van der Waals surface area (Å²) < 4.78 is 18.3. The predicted molar refractivity (Wildman–Crippen MR) is 86.6 cm³/mol. The van der Waals surface area contributed by atoms with Crippen molar-refractivity contribution in [3.63, 3.8) is 0 Å². The number of carbonyl (C=O) groups excluding carboxylic acids is 1. The molecule has 0 radical (unpaired) electrons. The van der Waals surface area contributed by atoms with Crippen molar-refractivity contribution < 1.29 is 18.8 Å². The third kappa shape index (κ3) is 4.66. The number of carbonyl (C=O) groups is 1. The summed E-state index contributed by atoms with van der Waals surface area (Å²) in [5.74, 6) is -1.48. The normalized spacial score (nSPS) is 11.6. The quantitative estimate of drug-likeness (QED) is 0.635. The molecule has 2 rings (SSSR count). The van der Waals surface area contributed by atoms with Gasteiger partial charge in [-0.2, -0.15) is 0 Å². The topological polar surface area (TPSA) is 81.5 Å². The average molecular weight is 353 g/mol. The van der Waals surface area contributed by atoms with Crippen LogP contribution in [0.15, 0.2) is 42.5 Å². The Bertz CT molecular complexity index is 752. The average Bonchev–Trinajstić information content (AvgIpc) is 2.53. The molecule has 0 saturated heterocycles. The van der Waals surface area contributed by atoms with Crippen molar-refractivity contribution in [3.05, 3.63) is 69.0 Å². The molecule has 0 bridgehead atoms. The minimum atomic E-state index is -0.705. The lowest BCUT2D eigenvalue weighted by Crippen LogP contribution is -2.31. The Hall–Kier alpha value is -2.67. The van der Waals surface area contributed by atoms with Crippen molar-refractivity contribution in [3.8, 4) is 5.75 Å². The second-order valence-corrected chi connectivity index (χ2v) is 5.44. The zero-order valence-corrected chi connectivity index (χ0v) is 13.4. The molecule has 0 aromatic heterocycles. The molecule has 126 valence electrons. The van der Waals surface area contributed by atoms with Gasteiger partial charge in [0, 0.05) is 17.2 Å². The van der Waals surface area contributed by atoms with Gasteiger partial charge in [0.15, 0.2) is 6.61 Å². The molecular weight excluding hydrogens is 339 g/mol. The number of halogens is 2. The number of hydrogen-bond acceptors (Lipinski definition) is 4. The lowest BCUT2D eigenvalue weighted by atomic mass is 10.1. The van der Waals surface area contributed by atoms with Gasteiger partial charge in [-0.25, -0.2) is 4.39 Å². The standard InChI is InChI=1S/C16H14ClFN2O4/c1-10(11-2-4-12(17)5-3-11)19-16(21)9-24-15-8-13(18)6-7-14(15)20(22)23/h2-8,10H,9H2,1H3,(H,19,21)/t10-/m0/s1. The first kappa shape index (κ1) is 17.7. The van der Waals surface area contributed by atoms with Gasteiger partial charge < -0.3 is 10.1 Å².